The molecule has 0 heteroatoms. The topological polar surface area (TPSA) is 0 Å². The molecule has 0 heterocycles. The first-order valence-corrected chi connectivity index (χ1v) is 37.6. The molecule has 0 atom stereocenters. The molecule has 0 bridgehead atoms. The fraction of sp³-hybridized carbons (Fsp3) is 0.300. The van der Waals surface area contributed by atoms with Crippen molar-refractivity contribution in [1.29, 1.82) is 0 Å². The van der Waals surface area contributed by atoms with E-state index in [1.54, 1.807) is 0 Å². The van der Waals surface area contributed by atoms with Crippen LogP contribution in [-0.4, -0.2) is 0 Å². The van der Waals surface area contributed by atoms with E-state index in [2.05, 4.69) is 381 Å². The lowest BCUT2D eigenvalue weighted by Crippen LogP contribution is -1.98. The maximum absolute atomic E-state index is 2.37. The Hall–Kier alpha value is -9.10. The van der Waals surface area contributed by atoms with Gasteiger partial charge in [-0.05, 0) is 247 Å². The molecule has 100 heavy (non-hydrogen) atoms. The van der Waals surface area contributed by atoms with Crippen LogP contribution in [0.15, 0.2) is 243 Å². The van der Waals surface area contributed by atoms with Gasteiger partial charge in [-0.3, -0.25) is 0 Å². The minimum absolute atomic E-state index is 0.533. The highest BCUT2D eigenvalue weighted by Crippen LogP contribution is 2.41. The van der Waals surface area contributed by atoms with Crippen LogP contribution in [0.1, 0.15) is 253 Å². The van der Waals surface area contributed by atoms with Crippen LogP contribution in [0.25, 0.3) is 108 Å². The van der Waals surface area contributed by atoms with Crippen LogP contribution in [0.3, 0.4) is 0 Å². The zero-order valence-corrected chi connectivity index (χ0v) is 63.9. The van der Waals surface area contributed by atoms with Crippen LogP contribution in [0.2, 0.25) is 0 Å². The Balaban J connectivity index is 0.000000126. The number of hydrogen-bond donors (Lipinski definition) is 0. The zero-order valence-electron chi connectivity index (χ0n) is 63.9. The molecule has 0 spiro atoms. The molecular formula is C100H110. The normalized spacial score (nSPS) is 11.9. The van der Waals surface area contributed by atoms with Crippen LogP contribution in [0.4, 0.5) is 0 Å². The molecule has 15 aromatic rings. The number of fused-ring (bicyclic) bond motifs is 12. The van der Waals surface area contributed by atoms with Crippen molar-refractivity contribution in [3.63, 3.8) is 0 Å². The van der Waals surface area contributed by atoms with Crippen LogP contribution >= 0.6 is 0 Å². The van der Waals surface area contributed by atoms with Crippen molar-refractivity contribution in [1.82, 2.24) is 0 Å². The van der Waals surface area contributed by atoms with Gasteiger partial charge in [-0.2, -0.15) is 0 Å². The van der Waals surface area contributed by atoms with Crippen molar-refractivity contribution in [2.45, 2.75) is 198 Å². The Labute approximate surface area is 599 Å². The van der Waals surface area contributed by atoms with Crippen LogP contribution in [-0.2, 0) is 0 Å². The Kier molecular flexibility index (Phi) is 22.5. The van der Waals surface area contributed by atoms with Gasteiger partial charge in [0.15, 0.2) is 0 Å². The summed E-state index contributed by atoms with van der Waals surface area (Å²) in [7, 11) is 0. The van der Waals surface area contributed by atoms with Crippen molar-refractivity contribution < 1.29 is 0 Å². The molecule has 0 aromatic heterocycles. The lowest BCUT2D eigenvalue weighted by Gasteiger charge is -2.20. The van der Waals surface area contributed by atoms with Crippen molar-refractivity contribution in [2.24, 2.45) is 0 Å². The van der Waals surface area contributed by atoms with Gasteiger partial charge < -0.3 is 0 Å². The molecule has 0 radical (unpaired) electrons. The first kappa shape index (κ1) is 72.2. The van der Waals surface area contributed by atoms with E-state index in [9.17, 15) is 0 Å². The molecule has 15 rings (SSSR count). The minimum atomic E-state index is 0.533. The average Bonchev–Trinajstić information content (AvgIpc) is 0.759. The molecule has 0 aliphatic heterocycles. The van der Waals surface area contributed by atoms with Gasteiger partial charge in [0.05, 0.1) is 0 Å². The van der Waals surface area contributed by atoms with E-state index in [0.29, 0.717) is 59.2 Å². The standard InChI is InChI=1S/5C20H22/c1-13(2)15-5-7-17-12-20-10-16(14(3)4)6-8-18(20)11-19(17)9-15;1-13(2)17-9-5-7-15-12-20-16(11-19(15)17)8-6-10-18(20)14(3)4;1-13(2)19-15-9-5-7-11-17(15)20(14(3)4)18-12-8-6-10-16(18)19;1-13(2)15-7-9-19-17(11-15)5-6-18-12-16(14(3)4)8-10-20(18)19;1-13(2)17-9-7-15-5-6-16-8-10-18(14(3)4)12-20(16)19(15)11-17/h5*5-14H,1-4H3. The number of hydrogen-bond acceptors (Lipinski definition) is 0. The third kappa shape index (κ3) is 15.7. The molecule has 0 nitrogen and oxygen atoms in total. The molecule has 15 aromatic carbocycles. The quantitative estimate of drug-likeness (QED) is 0.0946. The Morgan fingerprint density at radius 3 is 0.700 bits per heavy atom. The summed E-state index contributed by atoms with van der Waals surface area (Å²) in [5.74, 6) is 5.66. The predicted octanol–water partition coefficient (Wildman–Crippen LogP) is 31.2. The third-order valence-electron chi connectivity index (χ3n) is 21.0. The molecule has 0 unspecified atom stereocenters. The molecule has 0 N–H and O–H groups in total. The largest absolute Gasteiger partial charge is 0.0616 e. The van der Waals surface area contributed by atoms with Gasteiger partial charge in [0.1, 0.15) is 0 Å². The molecule has 0 fully saturated rings. The van der Waals surface area contributed by atoms with Crippen molar-refractivity contribution in [3.05, 3.63) is 298 Å². The summed E-state index contributed by atoms with van der Waals surface area (Å²) >= 11 is 0. The first-order chi connectivity index (χ1) is 47.8. The fourth-order valence-corrected chi connectivity index (χ4v) is 14.9. The molecule has 0 aliphatic rings. The highest BCUT2D eigenvalue weighted by Gasteiger charge is 2.18. The zero-order chi connectivity index (χ0) is 71.4. The van der Waals surface area contributed by atoms with Gasteiger partial charge >= 0.3 is 0 Å². The predicted molar refractivity (Wildman–Crippen MR) is 448 cm³/mol. The average molecular weight is 1310 g/mol. The van der Waals surface area contributed by atoms with Gasteiger partial charge in [0.2, 0.25) is 0 Å². The molecular weight excluding hydrogens is 1200 g/mol. The van der Waals surface area contributed by atoms with Crippen molar-refractivity contribution >= 4 is 108 Å². The summed E-state index contributed by atoms with van der Waals surface area (Å²) in [6, 6.07) is 90.6. The van der Waals surface area contributed by atoms with E-state index in [0.717, 1.165) is 0 Å². The maximum atomic E-state index is 2.37. The van der Waals surface area contributed by atoms with Gasteiger partial charge in [-0.1, -0.05) is 357 Å². The first-order valence-electron chi connectivity index (χ1n) is 37.6. The van der Waals surface area contributed by atoms with Gasteiger partial charge in [0, 0.05) is 0 Å². The van der Waals surface area contributed by atoms with Gasteiger partial charge in [-0.15, -0.1) is 0 Å². The van der Waals surface area contributed by atoms with Crippen molar-refractivity contribution in [2.75, 3.05) is 0 Å². The van der Waals surface area contributed by atoms with Crippen molar-refractivity contribution in [3.8, 4) is 0 Å². The van der Waals surface area contributed by atoms with Crippen LogP contribution < -0.4 is 0 Å². The summed E-state index contributed by atoms with van der Waals surface area (Å²) in [6.45, 7) is 45.2. The van der Waals surface area contributed by atoms with Gasteiger partial charge in [0.25, 0.3) is 0 Å². The van der Waals surface area contributed by atoms with Crippen LogP contribution in [0, 0.1) is 0 Å². The third-order valence-corrected chi connectivity index (χ3v) is 21.0. The van der Waals surface area contributed by atoms with E-state index in [1.807, 2.05) is 0 Å². The highest BCUT2D eigenvalue weighted by atomic mass is 14.2. The van der Waals surface area contributed by atoms with Gasteiger partial charge in [-0.25, -0.2) is 0 Å². The monoisotopic (exact) mass is 1310 g/mol. The molecule has 0 saturated carbocycles. The number of benzene rings is 15. The molecule has 0 amide bonds. The van der Waals surface area contributed by atoms with E-state index < -0.39 is 0 Å². The van der Waals surface area contributed by atoms with E-state index in [1.165, 1.54) is 163 Å². The highest BCUT2D eigenvalue weighted by molar-refractivity contribution is 6.10. The molecule has 0 aliphatic carbocycles. The summed E-state index contributed by atoms with van der Waals surface area (Å²) in [5.41, 5.74) is 14.3. The smallest absolute Gasteiger partial charge is 0.0102 e. The molecule has 0 saturated heterocycles. The Morgan fingerprint density at radius 1 is 0.140 bits per heavy atom. The Bertz CT molecular complexity index is 4950. The number of rotatable bonds is 10. The van der Waals surface area contributed by atoms with E-state index >= 15 is 0 Å². The SMILES string of the molecule is CC(C)c1c2ccccc2c(C(C)C)c2ccccc12.CC(C)c1ccc2c(ccc3cc(C(C)C)ccc32)c1.CC(C)c1ccc2cc3cc(C(C)C)ccc3cc2c1.CC(C)c1ccc2ccc3ccc(C(C)C)cc3c2c1.CC(C)c1cccc2cc3c(C(C)C)cccc3cc12. The summed E-state index contributed by atoms with van der Waals surface area (Å²) < 4.78 is 0. The van der Waals surface area contributed by atoms with E-state index in [-0.39, 0.29) is 0 Å². The summed E-state index contributed by atoms with van der Waals surface area (Å²) in [6.07, 6.45) is 0. The second-order valence-corrected chi connectivity index (χ2v) is 31.6. The second-order valence-electron chi connectivity index (χ2n) is 31.6. The second kappa shape index (κ2) is 31.2. The Morgan fingerprint density at radius 2 is 0.400 bits per heavy atom. The lowest BCUT2D eigenvalue weighted by molar-refractivity contribution is 0.868. The van der Waals surface area contributed by atoms with E-state index in [4.69, 9.17) is 0 Å². The summed E-state index contributed by atoms with van der Waals surface area (Å²) in [5, 5.41) is 27.4. The maximum Gasteiger partial charge on any atom is -0.0102 e. The minimum Gasteiger partial charge on any atom is -0.0616 e. The molecule has 510 valence electrons. The fourth-order valence-electron chi connectivity index (χ4n) is 14.9. The van der Waals surface area contributed by atoms with Crippen LogP contribution in [0.5, 0.6) is 0 Å². The lowest BCUT2D eigenvalue weighted by atomic mass is 9.84. The summed E-state index contributed by atoms with van der Waals surface area (Å²) in [4.78, 5) is 0.